The zero-order valence-corrected chi connectivity index (χ0v) is 9.22. The standard InChI is InChI=1S/C12H16F3N/c1-2-11(16)7-6-9-4-3-5-10(8-9)12(13,14)15/h3-5,8,11H,2,6-7,16H2,1H3. The number of hydrogen-bond donors (Lipinski definition) is 1. The molecule has 0 aromatic heterocycles. The summed E-state index contributed by atoms with van der Waals surface area (Å²) < 4.78 is 37.2. The number of nitrogens with two attached hydrogens (primary N) is 1. The van der Waals surface area contributed by atoms with Crippen LogP contribution in [0.1, 0.15) is 30.9 Å². The number of alkyl halides is 3. The van der Waals surface area contributed by atoms with E-state index in [9.17, 15) is 13.2 Å². The minimum Gasteiger partial charge on any atom is -0.328 e. The Bertz CT molecular complexity index is 333. The van der Waals surface area contributed by atoms with Gasteiger partial charge in [-0.1, -0.05) is 25.1 Å². The molecule has 0 aliphatic heterocycles. The minimum atomic E-state index is -4.26. The van der Waals surface area contributed by atoms with Crippen molar-refractivity contribution in [3.63, 3.8) is 0 Å². The Morgan fingerprint density at radius 2 is 2.00 bits per heavy atom. The van der Waals surface area contributed by atoms with Crippen LogP contribution in [0.15, 0.2) is 24.3 Å². The van der Waals surface area contributed by atoms with E-state index < -0.39 is 11.7 Å². The van der Waals surface area contributed by atoms with Crippen LogP contribution in [0.5, 0.6) is 0 Å². The SMILES string of the molecule is CCC(N)CCc1cccc(C(F)(F)F)c1. The Kier molecular flexibility index (Phi) is 4.35. The number of hydrogen-bond acceptors (Lipinski definition) is 1. The van der Waals surface area contributed by atoms with Crippen LogP contribution in [0.2, 0.25) is 0 Å². The molecule has 4 heteroatoms. The molecular formula is C12H16F3N. The molecule has 0 spiro atoms. The van der Waals surface area contributed by atoms with Crippen LogP contribution in [0, 0.1) is 0 Å². The Morgan fingerprint density at radius 3 is 2.56 bits per heavy atom. The smallest absolute Gasteiger partial charge is 0.328 e. The maximum absolute atomic E-state index is 12.4. The normalized spacial score (nSPS) is 13.8. The van der Waals surface area contributed by atoms with E-state index in [-0.39, 0.29) is 6.04 Å². The quantitative estimate of drug-likeness (QED) is 0.844. The van der Waals surface area contributed by atoms with Gasteiger partial charge in [-0.25, -0.2) is 0 Å². The van der Waals surface area contributed by atoms with Crippen LogP contribution < -0.4 is 5.73 Å². The molecule has 16 heavy (non-hydrogen) atoms. The molecule has 1 aromatic carbocycles. The predicted molar refractivity (Wildman–Crippen MR) is 58.0 cm³/mol. The molecule has 2 N–H and O–H groups in total. The van der Waals surface area contributed by atoms with Gasteiger partial charge in [0.05, 0.1) is 5.56 Å². The molecule has 0 fully saturated rings. The Balaban J connectivity index is 2.68. The second-order valence-electron chi connectivity index (χ2n) is 3.91. The fraction of sp³-hybridized carbons (Fsp3) is 0.500. The van der Waals surface area contributed by atoms with Crippen molar-refractivity contribution < 1.29 is 13.2 Å². The van der Waals surface area contributed by atoms with E-state index in [4.69, 9.17) is 5.73 Å². The van der Waals surface area contributed by atoms with Crippen molar-refractivity contribution in [3.8, 4) is 0 Å². The van der Waals surface area contributed by atoms with E-state index in [0.29, 0.717) is 12.0 Å². The fourth-order valence-electron chi connectivity index (χ4n) is 1.46. The third kappa shape index (κ3) is 3.85. The largest absolute Gasteiger partial charge is 0.416 e. The molecule has 0 saturated carbocycles. The van der Waals surface area contributed by atoms with Gasteiger partial charge in [-0.05, 0) is 30.9 Å². The van der Waals surface area contributed by atoms with Crippen LogP contribution >= 0.6 is 0 Å². The Morgan fingerprint density at radius 1 is 1.31 bits per heavy atom. The predicted octanol–water partition coefficient (Wildman–Crippen LogP) is 3.38. The summed E-state index contributed by atoms with van der Waals surface area (Å²) in [5, 5.41) is 0. The van der Waals surface area contributed by atoms with Gasteiger partial charge in [-0.2, -0.15) is 13.2 Å². The molecule has 0 aliphatic rings. The molecule has 0 radical (unpaired) electrons. The first kappa shape index (κ1) is 13.0. The molecule has 1 nitrogen and oxygen atoms in total. The molecule has 0 heterocycles. The van der Waals surface area contributed by atoms with Gasteiger partial charge in [-0.3, -0.25) is 0 Å². The monoisotopic (exact) mass is 231 g/mol. The molecule has 0 amide bonds. The summed E-state index contributed by atoms with van der Waals surface area (Å²) in [6.07, 6.45) is -2.10. The van der Waals surface area contributed by atoms with Crippen molar-refractivity contribution in [2.45, 2.75) is 38.4 Å². The highest BCUT2D eigenvalue weighted by Gasteiger charge is 2.30. The third-order valence-electron chi connectivity index (χ3n) is 2.58. The molecular weight excluding hydrogens is 215 g/mol. The highest BCUT2D eigenvalue weighted by Crippen LogP contribution is 2.29. The van der Waals surface area contributed by atoms with E-state index in [0.717, 1.165) is 18.9 Å². The first-order valence-electron chi connectivity index (χ1n) is 5.35. The summed E-state index contributed by atoms with van der Waals surface area (Å²) in [7, 11) is 0. The van der Waals surface area contributed by atoms with Crippen LogP contribution in [0.25, 0.3) is 0 Å². The van der Waals surface area contributed by atoms with Gasteiger partial charge in [-0.15, -0.1) is 0 Å². The maximum atomic E-state index is 12.4. The zero-order chi connectivity index (χ0) is 12.2. The maximum Gasteiger partial charge on any atom is 0.416 e. The highest BCUT2D eigenvalue weighted by atomic mass is 19.4. The van der Waals surface area contributed by atoms with Crippen molar-refractivity contribution in [2.24, 2.45) is 5.73 Å². The summed E-state index contributed by atoms with van der Waals surface area (Å²) in [5.41, 5.74) is 5.83. The van der Waals surface area contributed by atoms with E-state index in [2.05, 4.69) is 0 Å². The lowest BCUT2D eigenvalue weighted by Gasteiger charge is -2.10. The first-order valence-corrected chi connectivity index (χ1v) is 5.35. The van der Waals surface area contributed by atoms with Crippen molar-refractivity contribution in [3.05, 3.63) is 35.4 Å². The molecule has 0 saturated heterocycles. The molecule has 1 rings (SSSR count). The Labute approximate surface area is 93.5 Å². The zero-order valence-electron chi connectivity index (χ0n) is 9.22. The van der Waals surface area contributed by atoms with Crippen LogP contribution in [-0.2, 0) is 12.6 Å². The molecule has 1 atom stereocenters. The number of aryl methyl sites for hydroxylation is 1. The summed E-state index contributed by atoms with van der Waals surface area (Å²) in [6, 6.07) is 5.49. The number of rotatable bonds is 4. The second-order valence-corrected chi connectivity index (χ2v) is 3.91. The van der Waals surface area contributed by atoms with E-state index in [1.54, 1.807) is 6.07 Å². The second kappa shape index (κ2) is 5.34. The third-order valence-corrected chi connectivity index (χ3v) is 2.58. The summed E-state index contributed by atoms with van der Waals surface area (Å²) in [5.74, 6) is 0. The minimum absolute atomic E-state index is 0.0644. The van der Waals surface area contributed by atoms with Crippen LogP contribution in [-0.4, -0.2) is 6.04 Å². The van der Waals surface area contributed by atoms with Crippen LogP contribution in [0.3, 0.4) is 0 Å². The average Bonchev–Trinajstić information content (AvgIpc) is 2.25. The average molecular weight is 231 g/mol. The van der Waals surface area contributed by atoms with E-state index in [1.807, 2.05) is 6.92 Å². The highest BCUT2D eigenvalue weighted by molar-refractivity contribution is 5.25. The van der Waals surface area contributed by atoms with Gasteiger partial charge >= 0.3 is 6.18 Å². The van der Waals surface area contributed by atoms with Crippen molar-refractivity contribution >= 4 is 0 Å². The fourth-order valence-corrected chi connectivity index (χ4v) is 1.46. The number of halogens is 3. The topological polar surface area (TPSA) is 26.0 Å². The molecule has 0 bridgehead atoms. The van der Waals surface area contributed by atoms with Gasteiger partial charge in [0, 0.05) is 6.04 Å². The molecule has 1 unspecified atom stereocenters. The van der Waals surface area contributed by atoms with E-state index in [1.165, 1.54) is 12.1 Å². The van der Waals surface area contributed by atoms with Crippen LogP contribution in [0.4, 0.5) is 13.2 Å². The summed E-state index contributed by atoms with van der Waals surface area (Å²) >= 11 is 0. The lowest BCUT2D eigenvalue weighted by molar-refractivity contribution is -0.137. The molecule has 90 valence electrons. The van der Waals surface area contributed by atoms with Gasteiger partial charge in [0.1, 0.15) is 0 Å². The Hall–Kier alpha value is -1.03. The van der Waals surface area contributed by atoms with E-state index >= 15 is 0 Å². The van der Waals surface area contributed by atoms with Crippen molar-refractivity contribution in [2.75, 3.05) is 0 Å². The summed E-state index contributed by atoms with van der Waals surface area (Å²) in [4.78, 5) is 0. The number of benzene rings is 1. The first-order chi connectivity index (χ1) is 7.43. The van der Waals surface area contributed by atoms with Crippen molar-refractivity contribution in [1.82, 2.24) is 0 Å². The molecule has 0 aliphatic carbocycles. The lowest BCUT2D eigenvalue weighted by Crippen LogP contribution is -2.19. The van der Waals surface area contributed by atoms with Gasteiger partial charge < -0.3 is 5.73 Å². The van der Waals surface area contributed by atoms with Gasteiger partial charge in [0.2, 0.25) is 0 Å². The lowest BCUT2D eigenvalue weighted by atomic mass is 10.0. The van der Waals surface area contributed by atoms with Gasteiger partial charge in [0.15, 0.2) is 0 Å². The van der Waals surface area contributed by atoms with Crippen molar-refractivity contribution in [1.29, 1.82) is 0 Å². The van der Waals surface area contributed by atoms with Gasteiger partial charge in [0.25, 0.3) is 0 Å². The summed E-state index contributed by atoms with van der Waals surface area (Å²) in [6.45, 7) is 1.97. The molecule has 1 aromatic rings.